The summed E-state index contributed by atoms with van der Waals surface area (Å²) in [6.07, 6.45) is 2.51. The van der Waals surface area contributed by atoms with E-state index in [1.54, 1.807) is 19.1 Å². The number of imidazole rings is 1. The van der Waals surface area contributed by atoms with Gasteiger partial charge in [-0.15, -0.1) is 0 Å². The van der Waals surface area contributed by atoms with E-state index >= 15 is 0 Å². The second-order valence-corrected chi connectivity index (χ2v) is 9.12. The Hall–Kier alpha value is -2.70. The van der Waals surface area contributed by atoms with Crippen LogP contribution in [0.3, 0.4) is 0 Å². The summed E-state index contributed by atoms with van der Waals surface area (Å²) in [4.78, 5) is 26.2. The molecule has 5 N–H and O–H groups in total. The third-order valence-corrected chi connectivity index (χ3v) is 6.46. The summed E-state index contributed by atoms with van der Waals surface area (Å²) in [6, 6.07) is 8.14. The Bertz CT molecular complexity index is 1350. The molecule has 0 aliphatic carbocycles. The van der Waals surface area contributed by atoms with Gasteiger partial charge in [0.1, 0.15) is 30.2 Å². The third-order valence-electron chi connectivity index (χ3n) is 6.46. The number of hydrogen-bond acceptors (Lipinski definition) is 11. The molecule has 14 heteroatoms. The fraction of sp³-hybridized carbons (Fsp3) is 0.423. The van der Waals surface area contributed by atoms with Crippen molar-refractivity contribution in [1.29, 1.82) is 5.26 Å². The van der Waals surface area contributed by atoms with Crippen LogP contribution in [0.15, 0.2) is 43.0 Å². The number of nitrogen functional groups attached to an aromatic ring is 1. The largest absolute Gasteiger partial charge is 0.665 e. The van der Waals surface area contributed by atoms with Gasteiger partial charge in [0.15, 0.2) is 17.7 Å². The third kappa shape index (κ3) is 7.52. The molecule has 1 aliphatic heterocycles. The predicted octanol–water partition coefficient (Wildman–Crippen LogP) is 1.29. The molecular weight excluding hydrogens is 673 g/mol. The van der Waals surface area contributed by atoms with Crippen LogP contribution in [-0.2, 0) is 14.3 Å². The fourth-order valence-corrected chi connectivity index (χ4v) is 4.36. The fourth-order valence-electron chi connectivity index (χ4n) is 4.36. The molecule has 5 atom stereocenters. The molecule has 1 fully saturated rings. The number of esters is 1. The van der Waals surface area contributed by atoms with Crippen molar-refractivity contribution in [2.24, 2.45) is 0 Å². The van der Waals surface area contributed by atoms with E-state index in [1.807, 2.05) is 29.2 Å². The van der Waals surface area contributed by atoms with Crippen LogP contribution >= 0.6 is 0 Å². The van der Waals surface area contributed by atoms with Crippen molar-refractivity contribution in [2.45, 2.75) is 43.9 Å². The van der Waals surface area contributed by atoms with E-state index in [0.29, 0.717) is 29.8 Å². The molecule has 0 bridgehead atoms. The van der Waals surface area contributed by atoms with Crippen LogP contribution < -0.4 is 5.73 Å². The van der Waals surface area contributed by atoms with Crippen LogP contribution in [0.5, 0.6) is 0 Å². The van der Waals surface area contributed by atoms with E-state index in [9.17, 15) is 15.0 Å². The number of aliphatic hydroxyl groups excluding tert-OH is 2. The number of nitrogens with two attached hydrogens (primary N) is 1. The number of fused-ring (bicyclic) bond motifs is 1. The smallest absolute Gasteiger partial charge is 0.287 e. The molecule has 1 unspecified atom stereocenters. The van der Waals surface area contributed by atoms with Gasteiger partial charge < -0.3 is 31.2 Å². The Labute approximate surface area is 260 Å². The second-order valence-electron chi connectivity index (χ2n) is 9.12. The number of ether oxygens (including phenoxy) is 2. The molecule has 2 aromatic heterocycles. The van der Waals surface area contributed by atoms with E-state index in [2.05, 4.69) is 21.0 Å². The number of aromatic nitrogens is 4. The average Bonchev–Trinajstić information content (AvgIpc) is 3.49. The van der Waals surface area contributed by atoms with Gasteiger partial charge in [0.05, 0.1) is 24.6 Å². The Morgan fingerprint density at radius 1 is 1.30 bits per heavy atom. The minimum Gasteiger partial charge on any atom is -0.665 e. The van der Waals surface area contributed by atoms with Gasteiger partial charge in [0, 0.05) is 50.0 Å². The predicted molar refractivity (Wildman–Crippen MR) is 142 cm³/mol. The minimum absolute atomic E-state index is 0. The van der Waals surface area contributed by atoms with Crippen LogP contribution in [0.4, 0.5) is 5.82 Å². The van der Waals surface area contributed by atoms with Crippen molar-refractivity contribution in [3.05, 3.63) is 59.9 Å². The summed E-state index contributed by atoms with van der Waals surface area (Å²) in [5.41, 5.74) is 16.2. The summed E-state index contributed by atoms with van der Waals surface area (Å²) in [5.74, 6) is -0.401. The minimum atomic E-state index is -1.26. The number of aliphatic hydroxyl groups is 2. The van der Waals surface area contributed by atoms with Crippen LogP contribution in [0, 0.1) is 48.2 Å². The summed E-state index contributed by atoms with van der Waals surface area (Å²) >= 11 is 0. The normalized spacial score (nSPS) is 21.4. The van der Waals surface area contributed by atoms with E-state index in [-0.39, 0.29) is 62.3 Å². The zero-order valence-corrected chi connectivity index (χ0v) is 23.5. The number of rotatable bonds is 11. The SMILES string of the molecule is CCOC(=O)C([NH-])CCN(C/C=C/c1ccc(C#N)cc1)C[C@H]1O[C@@H](n2cnc3c(N)ncnc32)[C@H](O)[C@@H]1O.[Tm]. The standard InChI is InChI=1S/C26H31N8O5.Tm/c1-2-38-26(37)18(28)9-11-33(10-3-4-16-5-7-17(12-27)8-6-16)13-19-21(35)22(36)25(39-19)34-15-32-20-23(29)30-14-31-24(20)34;/h3-8,14-15,18-19,21-22,25,28,35-36H,2,9-11,13H2,1H3,(H2,29,30,31);/q-1;/b4-3+;/t18?,19-,21-,22-,25-;/m1./s1. The van der Waals surface area contributed by atoms with Crippen molar-refractivity contribution >= 4 is 29.0 Å². The molecule has 219 valence electrons. The van der Waals surface area contributed by atoms with Gasteiger partial charge in [-0.1, -0.05) is 24.3 Å². The number of benzene rings is 1. The molecule has 40 heavy (non-hydrogen) atoms. The first kappa shape index (κ1) is 31.8. The van der Waals surface area contributed by atoms with Gasteiger partial charge in [-0.05, 0) is 43.6 Å². The molecule has 1 aliphatic rings. The molecule has 0 spiro atoms. The number of nitrogens with zero attached hydrogens (tertiary/aromatic N) is 6. The Kier molecular flexibility index (Phi) is 11.8. The van der Waals surface area contributed by atoms with Crippen molar-refractivity contribution in [3.63, 3.8) is 0 Å². The van der Waals surface area contributed by atoms with Crippen LogP contribution in [0.25, 0.3) is 23.0 Å². The maximum atomic E-state index is 12.0. The quantitative estimate of drug-likeness (QED) is 0.243. The van der Waals surface area contributed by atoms with Gasteiger partial charge in [-0.2, -0.15) is 5.26 Å². The molecule has 1 saturated heterocycles. The van der Waals surface area contributed by atoms with Crippen LogP contribution in [0.2, 0.25) is 0 Å². The number of nitriles is 1. The molecule has 1 aromatic carbocycles. The topological polar surface area (TPSA) is 196 Å². The first-order valence-corrected chi connectivity index (χ1v) is 12.5. The van der Waals surface area contributed by atoms with E-state index in [4.69, 9.17) is 26.2 Å². The van der Waals surface area contributed by atoms with E-state index in [1.165, 1.54) is 17.2 Å². The average molecular weight is 705 g/mol. The number of anilines is 1. The Balaban J connectivity index is 0.00000441. The summed E-state index contributed by atoms with van der Waals surface area (Å²) in [5, 5.41) is 30.6. The zero-order valence-electron chi connectivity index (χ0n) is 21.7. The van der Waals surface area contributed by atoms with Crippen molar-refractivity contribution < 1.29 is 61.4 Å². The van der Waals surface area contributed by atoms with Crippen LogP contribution in [0.1, 0.15) is 30.7 Å². The maximum Gasteiger partial charge on any atom is 0.287 e. The Morgan fingerprint density at radius 3 is 2.75 bits per heavy atom. The number of nitrogens with one attached hydrogen (secondary N) is 1. The first-order chi connectivity index (χ1) is 18.8. The number of carbonyl (C=O) groups is 1. The van der Waals surface area contributed by atoms with Gasteiger partial charge in [0.25, 0.3) is 5.97 Å². The molecule has 0 saturated carbocycles. The number of carbonyl (C=O) groups excluding carboxylic acids is 1. The molecule has 0 amide bonds. The molecular formula is C26H31N8O5Tm-. The Morgan fingerprint density at radius 2 is 2.05 bits per heavy atom. The second kappa shape index (κ2) is 14.8. The summed E-state index contributed by atoms with van der Waals surface area (Å²) in [6.45, 7) is 2.86. The van der Waals surface area contributed by atoms with E-state index in [0.717, 1.165) is 5.56 Å². The molecule has 3 heterocycles. The van der Waals surface area contributed by atoms with Crippen LogP contribution in [-0.4, -0.2) is 91.2 Å². The summed E-state index contributed by atoms with van der Waals surface area (Å²) < 4.78 is 12.5. The van der Waals surface area contributed by atoms with Gasteiger partial charge in [0.2, 0.25) is 0 Å². The monoisotopic (exact) mass is 704 g/mol. The van der Waals surface area contributed by atoms with E-state index < -0.39 is 36.6 Å². The van der Waals surface area contributed by atoms with Crippen molar-refractivity contribution in [1.82, 2.24) is 24.4 Å². The molecule has 13 nitrogen and oxygen atoms in total. The number of hydrogen-bond donors (Lipinski definition) is 3. The first-order valence-electron chi connectivity index (χ1n) is 12.5. The zero-order chi connectivity index (χ0) is 27.9. The van der Waals surface area contributed by atoms with Gasteiger partial charge >= 0.3 is 0 Å². The van der Waals surface area contributed by atoms with Gasteiger partial charge in [-0.3, -0.25) is 14.3 Å². The molecule has 1 radical (unpaired) electrons. The maximum absolute atomic E-state index is 12.0. The van der Waals surface area contributed by atoms with Crippen molar-refractivity contribution in [2.75, 3.05) is 32.0 Å². The molecule has 4 rings (SSSR count). The van der Waals surface area contributed by atoms with Crippen molar-refractivity contribution in [3.8, 4) is 6.07 Å². The summed E-state index contributed by atoms with van der Waals surface area (Å²) in [7, 11) is 0. The van der Waals surface area contributed by atoms with Gasteiger partial charge in [-0.25, -0.2) is 15.0 Å². The molecule has 3 aromatic rings.